The number of sulfonamides is 1. The third-order valence-corrected chi connectivity index (χ3v) is 7.63. The SMILES string of the molecule is CC(C)(C)c1noc(-c2ccccc2C(=O)N2CCN(S(=O)(=O)c3ccc(Cl)cc3)CC2)n1. The summed E-state index contributed by atoms with van der Waals surface area (Å²) in [6.45, 7) is 6.90. The van der Waals surface area contributed by atoms with Crippen molar-refractivity contribution in [3.05, 3.63) is 64.9 Å². The molecule has 8 nitrogen and oxygen atoms in total. The molecule has 0 bridgehead atoms. The molecule has 1 aromatic heterocycles. The highest BCUT2D eigenvalue weighted by molar-refractivity contribution is 7.89. The summed E-state index contributed by atoms with van der Waals surface area (Å²) in [5.74, 6) is 0.637. The summed E-state index contributed by atoms with van der Waals surface area (Å²) in [4.78, 5) is 19.6. The molecule has 174 valence electrons. The number of carbonyl (C=O) groups is 1. The third-order valence-electron chi connectivity index (χ3n) is 5.46. The summed E-state index contributed by atoms with van der Waals surface area (Å²) in [6, 6.07) is 13.2. The number of rotatable bonds is 4. The summed E-state index contributed by atoms with van der Waals surface area (Å²) in [5, 5.41) is 4.53. The average molecular weight is 489 g/mol. The molecule has 0 saturated carbocycles. The van der Waals surface area contributed by atoms with Gasteiger partial charge in [-0.1, -0.05) is 49.7 Å². The largest absolute Gasteiger partial charge is 0.336 e. The van der Waals surface area contributed by atoms with E-state index in [0.29, 0.717) is 22.0 Å². The molecule has 1 fully saturated rings. The van der Waals surface area contributed by atoms with Crippen molar-refractivity contribution in [3.8, 4) is 11.5 Å². The molecule has 2 heterocycles. The van der Waals surface area contributed by atoms with Crippen LogP contribution in [0.2, 0.25) is 5.02 Å². The van der Waals surface area contributed by atoms with Crippen LogP contribution in [0.5, 0.6) is 0 Å². The minimum atomic E-state index is -3.65. The zero-order valence-electron chi connectivity index (χ0n) is 18.7. The van der Waals surface area contributed by atoms with Gasteiger partial charge in [0.2, 0.25) is 10.0 Å². The summed E-state index contributed by atoms with van der Waals surface area (Å²) in [7, 11) is -3.65. The molecule has 0 spiro atoms. The number of hydrogen-bond acceptors (Lipinski definition) is 6. The van der Waals surface area contributed by atoms with Crippen molar-refractivity contribution >= 4 is 27.5 Å². The molecule has 1 amide bonds. The van der Waals surface area contributed by atoms with Crippen LogP contribution in [0.25, 0.3) is 11.5 Å². The number of halogens is 1. The lowest BCUT2D eigenvalue weighted by Gasteiger charge is -2.34. The fraction of sp³-hybridized carbons (Fsp3) is 0.348. The third kappa shape index (κ3) is 4.80. The van der Waals surface area contributed by atoms with E-state index in [1.54, 1.807) is 35.2 Å². The van der Waals surface area contributed by atoms with Gasteiger partial charge < -0.3 is 9.42 Å². The zero-order valence-corrected chi connectivity index (χ0v) is 20.2. The maximum absolute atomic E-state index is 13.3. The van der Waals surface area contributed by atoms with Gasteiger partial charge in [0.25, 0.3) is 11.8 Å². The summed E-state index contributed by atoms with van der Waals surface area (Å²) < 4.78 is 32.7. The molecule has 0 radical (unpaired) electrons. The second kappa shape index (κ2) is 8.89. The van der Waals surface area contributed by atoms with Gasteiger partial charge in [-0.3, -0.25) is 4.79 Å². The maximum atomic E-state index is 13.3. The Morgan fingerprint density at radius 1 is 1.00 bits per heavy atom. The molecular formula is C23H25ClN4O4S. The van der Waals surface area contributed by atoms with Crippen molar-refractivity contribution in [2.45, 2.75) is 31.1 Å². The second-order valence-electron chi connectivity index (χ2n) is 8.87. The van der Waals surface area contributed by atoms with Gasteiger partial charge in [0.1, 0.15) is 0 Å². The number of benzene rings is 2. The van der Waals surface area contributed by atoms with Crippen LogP contribution >= 0.6 is 11.6 Å². The molecule has 33 heavy (non-hydrogen) atoms. The number of hydrogen-bond donors (Lipinski definition) is 0. The highest BCUT2D eigenvalue weighted by Crippen LogP contribution is 2.27. The zero-order chi connectivity index (χ0) is 23.8. The monoisotopic (exact) mass is 488 g/mol. The van der Waals surface area contributed by atoms with Crippen molar-refractivity contribution in [1.29, 1.82) is 0 Å². The Labute approximate surface area is 198 Å². The molecular weight excluding hydrogens is 464 g/mol. The first-order valence-corrected chi connectivity index (χ1v) is 12.4. The predicted molar refractivity (Wildman–Crippen MR) is 125 cm³/mol. The minimum Gasteiger partial charge on any atom is -0.336 e. The Kier molecular flexibility index (Phi) is 6.30. The fourth-order valence-corrected chi connectivity index (χ4v) is 5.10. The average Bonchev–Trinajstić information content (AvgIpc) is 3.30. The van der Waals surface area contributed by atoms with Crippen LogP contribution in [0.1, 0.15) is 37.0 Å². The first-order valence-electron chi connectivity index (χ1n) is 10.6. The normalized spacial score (nSPS) is 15.6. The van der Waals surface area contributed by atoms with E-state index in [0.717, 1.165) is 0 Å². The van der Waals surface area contributed by atoms with Gasteiger partial charge in [-0.2, -0.15) is 9.29 Å². The van der Waals surface area contributed by atoms with Crippen LogP contribution in [-0.2, 0) is 15.4 Å². The quantitative estimate of drug-likeness (QED) is 0.553. The van der Waals surface area contributed by atoms with Gasteiger partial charge in [-0.15, -0.1) is 0 Å². The number of aromatic nitrogens is 2. The number of amides is 1. The van der Waals surface area contributed by atoms with E-state index >= 15 is 0 Å². The van der Waals surface area contributed by atoms with Gasteiger partial charge in [0, 0.05) is 36.6 Å². The number of piperazine rings is 1. The smallest absolute Gasteiger partial charge is 0.258 e. The first kappa shape index (κ1) is 23.4. The lowest BCUT2D eigenvalue weighted by molar-refractivity contribution is 0.0698. The Balaban J connectivity index is 1.51. The molecule has 3 aromatic rings. The topological polar surface area (TPSA) is 96.6 Å². The molecule has 0 unspecified atom stereocenters. The summed E-state index contributed by atoms with van der Waals surface area (Å²) in [5.41, 5.74) is 0.712. The lowest BCUT2D eigenvalue weighted by atomic mass is 9.96. The van der Waals surface area contributed by atoms with Crippen molar-refractivity contribution in [1.82, 2.24) is 19.3 Å². The van der Waals surface area contributed by atoms with E-state index in [-0.39, 0.29) is 48.3 Å². The molecule has 4 rings (SSSR count). The van der Waals surface area contributed by atoms with Crippen LogP contribution in [0.4, 0.5) is 0 Å². The number of carbonyl (C=O) groups excluding carboxylic acids is 1. The van der Waals surface area contributed by atoms with Crippen LogP contribution < -0.4 is 0 Å². The van der Waals surface area contributed by atoms with E-state index in [4.69, 9.17) is 16.1 Å². The van der Waals surface area contributed by atoms with Gasteiger partial charge in [-0.05, 0) is 36.4 Å². The van der Waals surface area contributed by atoms with Crippen molar-refractivity contribution < 1.29 is 17.7 Å². The van der Waals surface area contributed by atoms with Crippen LogP contribution in [0, 0.1) is 0 Å². The van der Waals surface area contributed by atoms with E-state index in [1.807, 2.05) is 26.8 Å². The summed E-state index contributed by atoms with van der Waals surface area (Å²) >= 11 is 5.87. The van der Waals surface area contributed by atoms with Crippen molar-refractivity contribution in [3.63, 3.8) is 0 Å². The van der Waals surface area contributed by atoms with Crippen molar-refractivity contribution in [2.75, 3.05) is 26.2 Å². The predicted octanol–water partition coefficient (Wildman–Crippen LogP) is 3.83. The molecule has 0 aliphatic carbocycles. The van der Waals surface area contributed by atoms with Gasteiger partial charge in [-0.25, -0.2) is 8.42 Å². The molecule has 0 N–H and O–H groups in total. The van der Waals surface area contributed by atoms with E-state index in [9.17, 15) is 13.2 Å². The van der Waals surface area contributed by atoms with Gasteiger partial charge in [0.05, 0.1) is 16.0 Å². The van der Waals surface area contributed by atoms with Crippen LogP contribution in [-0.4, -0.2) is 59.8 Å². The summed E-state index contributed by atoms with van der Waals surface area (Å²) in [6.07, 6.45) is 0. The first-order chi connectivity index (χ1) is 15.6. The molecule has 1 aliphatic heterocycles. The maximum Gasteiger partial charge on any atom is 0.258 e. The van der Waals surface area contributed by atoms with Crippen molar-refractivity contribution in [2.24, 2.45) is 0 Å². The lowest BCUT2D eigenvalue weighted by Crippen LogP contribution is -2.50. The standard InChI is InChI=1S/C23H25ClN4O4S/c1-23(2,3)22-25-20(32-26-22)18-6-4-5-7-19(18)21(29)27-12-14-28(15-13-27)33(30,31)17-10-8-16(24)9-11-17/h4-11H,12-15H2,1-3H3. The fourth-order valence-electron chi connectivity index (χ4n) is 3.55. The van der Waals surface area contributed by atoms with Gasteiger partial charge >= 0.3 is 0 Å². The van der Waals surface area contributed by atoms with E-state index in [2.05, 4.69) is 10.1 Å². The van der Waals surface area contributed by atoms with Crippen LogP contribution in [0.15, 0.2) is 57.9 Å². The molecule has 1 saturated heterocycles. The number of nitrogens with zero attached hydrogens (tertiary/aromatic N) is 4. The minimum absolute atomic E-state index is 0.183. The molecule has 10 heteroatoms. The van der Waals surface area contributed by atoms with Gasteiger partial charge in [0.15, 0.2) is 5.82 Å². The van der Waals surface area contributed by atoms with Crippen LogP contribution in [0.3, 0.4) is 0 Å². The Bertz CT molecular complexity index is 1260. The second-order valence-corrected chi connectivity index (χ2v) is 11.2. The molecule has 0 atom stereocenters. The Morgan fingerprint density at radius 2 is 1.64 bits per heavy atom. The van der Waals surface area contributed by atoms with E-state index < -0.39 is 10.0 Å². The Morgan fingerprint density at radius 3 is 2.24 bits per heavy atom. The molecule has 2 aromatic carbocycles. The Hall–Kier alpha value is -2.75. The highest BCUT2D eigenvalue weighted by atomic mass is 35.5. The highest BCUT2D eigenvalue weighted by Gasteiger charge is 2.32. The van der Waals surface area contributed by atoms with E-state index in [1.165, 1.54) is 16.4 Å². The molecule has 1 aliphatic rings.